The summed E-state index contributed by atoms with van der Waals surface area (Å²) >= 11 is 0. The minimum Gasteiger partial charge on any atom is -0.491 e. The van der Waals surface area contributed by atoms with E-state index in [0.717, 1.165) is 0 Å². The highest BCUT2D eigenvalue weighted by Crippen LogP contribution is 2.48. The van der Waals surface area contributed by atoms with Crippen molar-refractivity contribution in [1.82, 2.24) is 4.90 Å². The minimum atomic E-state index is -0.984. The van der Waals surface area contributed by atoms with E-state index in [9.17, 15) is 9.59 Å². The molecule has 0 saturated heterocycles. The average Bonchev–Trinajstić information content (AvgIpc) is 3.76. The average molecular weight is 583 g/mol. The molecule has 0 aliphatic heterocycles. The topological polar surface area (TPSA) is 92.3 Å². The molecular formula is C33H47FN4O4. The molecule has 1 fully saturated rings. The molecule has 2 amide bonds. The Kier molecular flexibility index (Phi) is 13.7. The number of hydrogen-bond acceptors (Lipinski definition) is 6. The van der Waals surface area contributed by atoms with Crippen LogP contribution >= 0.6 is 0 Å². The summed E-state index contributed by atoms with van der Waals surface area (Å²) < 4.78 is 25.6. The number of ether oxygens (including phenoxy) is 2. The third kappa shape index (κ3) is 9.69. The number of benzene rings is 2. The Labute approximate surface area is 250 Å². The molecule has 42 heavy (non-hydrogen) atoms. The molecule has 1 aliphatic carbocycles. The van der Waals surface area contributed by atoms with E-state index in [-0.39, 0.29) is 24.0 Å². The molecule has 0 atom stereocenters. The lowest BCUT2D eigenvalue weighted by atomic mass is 10.0. The Morgan fingerprint density at radius 1 is 1.10 bits per heavy atom. The Morgan fingerprint density at radius 2 is 1.69 bits per heavy atom. The molecule has 0 unspecified atom stereocenters. The molecule has 0 heterocycles. The minimum absolute atomic E-state index is 0.138. The lowest BCUT2D eigenvalue weighted by Crippen LogP contribution is -2.42. The van der Waals surface area contributed by atoms with Gasteiger partial charge in [0.05, 0.1) is 17.9 Å². The van der Waals surface area contributed by atoms with Gasteiger partial charge in [0.2, 0.25) is 11.8 Å². The number of anilines is 2. The summed E-state index contributed by atoms with van der Waals surface area (Å²) in [5.41, 5.74) is 1.15. The van der Waals surface area contributed by atoms with Crippen molar-refractivity contribution in [3.05, 3.63) is 54.4 Å². The number of rotatable bonds is 14. The lowest BCUT2D eigenvalue weighted by Gasteiger charge is -2.24. The van der Waals surface area contributed by atoms with Gasteiger partial charge in [-0.2, -0.15) is 0 Å². The molecule has 3 rings (SSSR count). The molecule has 0 bridgehead atoms. The second-order valence-corrected chi connectivity index (χ2v) is 10.8. The second-order valence-electron chi connectivity index (χ2n) is 10.8. The van der Waals surface area contributed by atoms with Crippen molar-refractivity contribution in [3.8, 4) is 5.75 Å². The standard InChI is InChI=1S/C29H37FN4O4.C4H10/c1-7-31-25-17-23(38-15-14-37-6)16-24(30)26(25)20(4)32-21-8-10-22(11-9-21)33-27(35)29(12-13-29)28(36)34(5)18-19(2)3;1-3-4-2/h7-11,16-17,19,32H,4,12-15,18H2,1-3,5-6H3,(H,33,35);3-4H2,1-2H3. The van der Waals surface area contributed by atoms with Crippen molar-refractivity contribution in [3.63, 3.8) is 0 Å². The first-order chi connectivity index (χ1) is 20.0. The van der Waals surface area contributed by atoms with E-state index in [1.165, 1.54) is 18.9 Å². The van der Waals surface area contributed by atoms with Crippen LogP contribution in [0.2, 0.25) is 0 Å². The zero-order valence-electron chi connectivity index (χ0n) is 26.2. The smallest absolute Gasteiger partial charge is 0.240 e. The number of halogens is 1. The maximum atomic E-state index is 15.0. The van der Waals surface area contributed by atoms with Crippen molar-refractivity contribution in [2.75, 3.05) is 44.5 Å². The van der Waals surface area contributed by atoms with Gasteiger partial charge < -0.3 is 25.0 Å². The molecule has 8 nitrogen and oxygen atoms in total. The van der Waals surface area contributed by atoms with E-state index < -0.39 is 11.2 Å². The van der Waals surface area contributed by atoms with Crippen LogP contribution in [0.15, 0.2) is 48.0 Å². The van der Waals surface area contributed by atoms with Gasteiger partial charge in [-0.15, -0.1) is 0 Å². The third-order valence-corrected chi connectivity index (χ3v) is 6.69. The predicted molar refractivity (Wildman–Crippen MR) is 170 cm³/mol. The van der Waals surface area contributed by atoms with E-state index >= 15 is 4.39 Å². The molecule has 0 radical (unpaired) electrons. The summed E-state index contributed by atoms with van der Waals surface area (Å²) in [6.45, 7) is 15.4. The van der Waals surface area contributed by atoms with Crippen LogP contribution in [0.1, 0.15) is 65.9 Å². The molecule has 2 N–H and O–H groups in total. The van der Waals surface area contributed by atoms with E-state index in [1.54, 1.807) is 62.5 Å². The van der Waals surface area contributed by atoms with Crippen molar-refractivity contribution in [1.29, 1.82) is 0 Å². The highest BCUT2D eigenvalue weighted by molar-refractivity contribution is 6.13. The van der Waals surface area contributed by atoms with Gasteiger partial charge in [-0.3, -0.25) is 14.6 Å². The normalized spacial score (nSPS) is 13.3. The zero-order chi connectivity index (χ0) is 31.3. The Bertz CT molecular complexity index is 1220. The first-order valence-corrected chi connectivity index (χ1v) is 14.6. The first-order valence-electron chi connectivity index (χ1n) is 14.6. The Morgan fingerprint density at radius 3 is 2.19 bits per heavy atom. The molecule has 2 aromatic carbocycles. The maximum absolute atomic E-state index is 15.0. The summed E-state index contributed by atoms with van der Waals surface area (Å²) in [4.78, 5) is 31.8. The molecule has 1 aliphatic rings. The quantitative estimate of drug-likeness (QED) is 0.139. The van der Waals surface area contributed by atoms with E-state index in [0.29, 0.717) is 60.4 Å². The van der Waals surface area contributed by atoms with Gasteiger partial charge in [0.1, 0.15) is 23.6 Å². The number of amides is 2. The van der Waals surface area contributed by atoms with E-state index in [4.69, 9.17) is 9.47 Å². The van der Waals surface area contributed by atoms with Gasteiger partial charge in [0.15, 0.2) is 0 Å². The summed E-state index contributed by atoms with van der Waals surface area (Å²) in [5.74, 6) is -0.285. The largest absolute Gasteiger partial charge is 0.491 e. The Hall–Kier alpha value is -3.72. The van der Waals surface area contributed by atoms with Gasteiger partial charge in [-0.1, -0.05) is 47.1 Å². The van der Waals surface area contributed by atoms with Crippen LogP contribution in [0.3, 0.4) is 0 Å². The van der Waals surface area contributed by atoms with Gasteiger partial charge in [-0.05, 0) is 49.9 Å². The van der Waals surface area contributed by atoms with Crippen LogP contribution < -0.4 is 15.4 Å². The van der Waals surface area contributed by atoms with Crippen LogP contribution in [-0.2, 0) is 14.3 Å². The molecular weight excluding hydrogens is 535 g/mol. The summed E-state index contributed by atoms with van der Waals surface area (Å²) in [6, 6.07) is 9.87. The fourth-order valence-electron chi connectivity index (χ4n) is 4.22. The summed E-state index contributed by atoms with van der Waals surface area (Å²) in [5, 5.41) is 5.97. The van der Waals surface area contributed by atoms with E-state index in [1.807, 2.05) is 13.8 Å². The monoisotopic (exact) mass is 582 g/mol. The fraction of sp³-hybridized carbons (Fsp3) is 0.485. The number of unbranched alkanes of at least 4 members (excludes halogenated alkanes) is 1. The van der Waals surface area contributed by atoms with Gasteiger partial charge in [-0.25, -0.2) is 4.39 Å². The van der Waals surface area contributed by atoms with Gasteiger partial charge in [0.25, 0.3) is 0 Å². The third-order valence-electron chi connectivity index (χ3n) is 6.69. The van der Waals surface area contributed by atoms with Crippen molar-refractivity contribution in [2.45, 2.75) is 60.3 Å². The fourth-order valence-corrected chi connectivity index (χ4v) is 4.22. The number of nitrogens with zero attached hydrogens (tertiary/aromatic N) is 2. The van der Waals surface area contributed by atoms with Crippen molar-refractivity contribution in [2.24, 2.45) is 16.3 Å². The SMILES string of the molecule is C=C(Nc1ccc(NC(=O)C2(C(=O)N(C)CC(C)C)CC2)cc1)c1c(F)cc(OCCOC)cc1N=CC.CCCC. The van der Waals surface area contributed by atoms with Crippen LogP contribution in [0.4, 0.5) is 21.5 Å². The van der Waals surface area contributed by atoms with Gasteiger partial charge in [0, 0.05) is 56.1 Å². The molecule has 2 aromatic rings. The van der Waals surface area contributed by atoms with Crippen molar-refractivity contribution >= 4 is 40.8 Å². The summed E-state index contributed by atoms with van der Waals surface area (Å²) in [6.07, 6.45) is 5.30. The molecule has 0 aromatic heterocycles. The maximum Gasteiger partial charge on any atom is 0.240 e. The highest BCUT2D eigenvalue weighted by atomic mass is 19.1. The first kappa shape index (κ1) is 34.5. The molecule has 1 saturated carbocycles. The number of aliphatic imine (C=N–C) groups is 1. The highest BCUT2D eigenvalue weighted by Gasteiger charge is 2.57. The van der Waals surface area contributed by atoms with Crippen molar-refractivity contribution < 1.29 is 23.5 Å². The molecule has 9 heteroatoms. The lowest BCUT2D eigenvalue weighted by molar-refractivity contribution is -0.141. The molecule has 230 valence electrons. The number of hydrogen-bond donors (Lipinski definition) is 2. The Balaban J connectivity index is 0.00000144. The van der Waals surface area contributed by atoms with E-state index in [2.05, 4.69) is 36.1 Å². The number of methoxy groups -OCH3 is 1. The zero-order valence-corrected chi connectivity index (χ0v) is 26.2. The number of carbonyl (C=O) groups is 2. The van der Waals surface area contributed by atoms with Crippen LogP contribution in [0, 0.1) is 17.2 Å². The summed E-state index contributed by atoms with van der Waals surface area (Å²) in [7, 11) is 3.30. The number of nitrogens with one attached hydrogen (secondary N) is 2. The van der Waals surface area contributed by atoms with Gasteiger partial charge >= 0.3 is 0 Å². The second kappa shape index (κ2) is 16.7. The van der Waals surface area contributed by atoms with Crippen LogP contribution in [0.25, 0.3) is 5.70 Å². The predicted octanol–water partition coefficient (Wildman–Crippen LogP) is 7.30. The van der Waals surface area contributed by atoms with Crippen LogP contribution in [0.5, 0.6) is 5.75 Å². The molecule has 0 spiro atoms. The number of carbonyl (C=O) groups excluding carboxylic acids is 2. The van der Waals surface area contributed by atoms with Crippen LogP contribution in [-0.4, -0.2) is 56.8 Å².